The van der Waals surface area contributed by atoms with Gasteiger partial charge in [-0.15, -0.1) is 0 Å². The van der Waals surface area contributed by atoms with Gasteiger partial charge in [-0.25, -0.2) is 8.42 Å². The minimum atomic E-state index is -3.16. The van der Waals surface area contributed by atoms with Crippen LogP contribution in [0.15, 0.2) is 9.70 Å². The molecule has 3 aliphatic heterocycles. The van der Waals surface area contributed by atoms with Gasteiger partial charge in [-0.1, -0.05) is 24.0 Å². The molecule has 1 unspecified atom stereocenters. The van der Waals surface area contributed by atoms with E-state index in [2.05, 4.69) is 4.90 Å². The van der Waals surface area contributed by atoms with Crippen LogP contribution in [0.5, 0.6) is 0 Å². The first-order valence-corrected chi connectivity index (χ1v) is 13.1. The number of nitriles is 1. The number of sulfone groups is 1. The van der Waals surface area contributed by atoms with Crippen LogP contribution in [-0.4, -0.2) is 58.7 Å². The average Bonchev–Trinajstić information content (AvgIpc) is 3.41. The zero-order valence-corrected chi connectivity index (χ0v) is 19.7. The number of pyridine rings is 1. The number of rotatable bonds is 3. The lowest BCUT2D eigenvalue weighted by molar-refractivity contribution is -0.123. The largest absolute Gasteiger partial charge is 0.357 e. The van der Waals surface area contributed by atoms with Crippen molar-refractivity contribution in [1.82, 2.24) is 9.47 Å². The summed E-state index contributed by atoms with van der Waals surface area (Å²) in [6.45, 7) is 3.30. The normalized spacial score (nSPS) is 24.4. The van der Waals surface area contributed by atoms with Crippen LogP contribution in [0.4, 0.5) is 5.82 Å². The van der Waals surface area contributed by atoms with E-state index in [-0.39, 0.29) is 28.5 Å². The summed E-state index contributed by atoms with van der Waals surface area (Å²) >= 11 is 6.54. The summed E-state index contributed by atoms with van der Waals surface area (Å²) in [4.78, 5) is 29.8. The van der Waals surface area contributed by atoms with Gasteiger partial charge in [0.15, 0.2) is 9.84 Å². The molecule has 8 nitrogen and oxygen atoms in total. The van der Waals surface area contributed by atoms with Gasteiger partial charge in [0, 0.05) is 25.7 Å². The molecule has 0 radical (unpaired) electrons. The fourth-order valence-electron chi connectivity index (χ4n) is 4.43. The first kappa shape index (κ1) is 22.0. The first-order valence-electron chi connectivity index (χ1n) is 10.0. The monoisotopic (exact) mass is 478 g/mol. The first-order chi connectivity index (χ1) is 14.6. The number of thiocarbonyl (C=S) groups is 1. The number of carbonyl (C=O) groups is 1. The van der Waals surface area contributed by atoms with Crippen molar-refractivity contribution in [3.8, 4) is 6.07 Å². The quantitative estimate of drug-likeness (QED) is 0.476. The number of amides is 1. The molecule has 1 amide bonds. The zero-order valence-electron chi connectivity index (χ0n) is 17.3. The van der Waals surface area contributed by atoms with Gasteiger partial charge < -0.3 is 4.90 Å². The highest BCUT2D eigenvalue weighted by molar-refractivity contribution is 8.26. The lowest BCUT2D eigenvalue weighted by atomic mass is 10.0. The third-order valence-electron chi connectivity index (χ3n) is 6.05. The van der Waals surface area contributed by atoms with Gasteiger partial charge in [0.2, 0.25) is 0 Å². The zero-order chi connectivity index (χ0) is 22.5. The van der Waals surface area contributed by atoms with E-state index < -0.39 is 15.9 Å². The van der Waals surface area contributed by atoms with Crippen molar-refractivity contribution in [2.24, 2.45) is 7.05 Å². The van der Waals surface area contributed by atoms with Crippen molar-refractivity contribution in [2.75, 3.05) is 29.5 Å². The van der Waals surface area contributed by atoms with Gasteiger partial charge >= 0.3 is 0 Å². The highest BCUT2D eigenvalue weighted by Gasteiger charge is 2.42. The molecule has 3 aliphatic rings. The van der Waals surface area contributed by atoms with Crippen molar-refractivity contribution >= 4 is 55.9 Å². The molecule has 0 N–H and O–H groups in total. The number of anilines is 1. The molecule has 4 rings (SSSR count). The predicted octanol–water partition coefficient (Wildman–Crippen LogP) is 1.55. The molecule has 0 saturated carbocycles. The van der Waals surface area contributed by atoms with Gasteiger partial charge in [0.25, 0.3) is 11.5 Å². The van der Waals surface area contributed by atoms with E-state index in [9.17, 15) is 23.3 Å². The molecule has 164 valence electrons. The molecule has 3 fully saturated rings. The molecular formula is C20H22N4O4S3. The Morgan fingerprint density at radius 1 is 1.26 bits per heavy atom. The molecule has 3 saturated heterocycles. The van der Waals surface area contributed by atoms with Crippen molar-refractivity contribution in [3.05, 3.63) is 31.9 Å². The van der Waals surface area contributed by atoms with E-state index in [0.717, 1.165) is 37.7 Å². The van der Waals surface area contributed by atoms with Crippen LogP contribution in [0.1, 0.15) is 36.0 Å². The molecule has 0 aliphatic carbocycles. The molecule has 0 bridgehead atoms. The average molecular weight is 479 g/mol. The number of hydrogen-bond donors (Lipinski definition) is 0. The third-order valence-corrected chi connectivity index (χ3v) is 9.13. The van der Waals surface area contributed by atoms with Gasteiger partial charge in [-0.3, -0.25) is 19.1 Å². The molecule has 0 aromatic carbocycles. The maximum atomic E-state index is 13.2. The van der Waals surface area contributed by atoms with Crippen molar-refractivity contribution < 1.29 is 13.2 Å². The van der Waals surface area contributed by atoms with Gasteiger partial charge in [0.1, 0.15) is 21.8 Å². The number of aromatic nitrogens is 1. The van der Waals surface area contributed by atoms with Crippen LogP contribution in [0.2, 0.25) is 0 Å². The van der Waals surface area contributed by atoms with E-state index in [1.807, 2.05) is 6.07 Å². The number of thioether (sulfide) groups is 1. The molecule has 0 spiro atoms. The summed E-state index contributed by atoms with van der Waals surface area (Å²) in [5.74, 6) is 0.338. The summed E-state index contributed by atoms with van der Waals surface area (Å²) in [6.07, 6.45) is 4.08. The fraction of sp³-hybridized carbons (Fsp3) is 0.500. The molecular weight excluding hydrogens is 456 g/mol. The number of carbonyl (C=O) groups excluding carboxylic acids is 1. The van der Waals surface area contributed by atoms with Crippen LogP contribution in [0.25, 0.3) is 6.08 Å². The number of nitrogens with zero attached hydrogens (tertiary/aromatic N) is 4. The van der Waals surface area contributed by atoms with E-state index in [1.54, 1.807) is 20.0 Å². The Bertz CT molecular complexity index is 1220. The molecule has 1 atom stereocenters. The van der Waals surface area contributed by atoms with Crippen LogP contribution in [-0.2, 0) is 21.7 Å². The second kappa shape index (κ2) is 8.07. The Labute approximate surface area is 190 Å². The minimum Gasteiger partial charge on any atom is -0.357 e. The van der Waals surface area contributed by atoms with Crippen LogP contribution >= 0.6 is 24.0 Å². The summed E-state index contributed by atoms with van der Waals surface area (Å²) in [5.41, 5.74) is 0.873. The van der Waals surface area contributed by atoms with Crippen molar-refractivity contribution in [1.29, 1.82) is 5.26 Å². The highest BCUT2D eigenvalue weighted by Crippen LogP contribution is 2.38. The van der Waals surface area contributed by atoms with Gasteiger partial charge in [0.05, 0.1) is 22.5 Å². The molecule has 31 heavy (non-hydrogen) atoms. The Morgan fingerprint density at radius 3 is 2.52 bits per heavy atom. The summed E-state index contributed by atoms with van der Waals surface area (Å²) in [5, 5.41) is 9.54. The fourth-order valence-corrected chi connectivity index (χ4v) is 7.51. The van der Waals surface area contributed by atoms with Crippen LogP contribution in [0, 0.1) is 18.3 Å². The maximum Gasteiger partial charge on any atom is 0.270 e. The van der Waals surface area contributed by atoms with Crippen molar-refractivity contribution in [3.63, 3.8) is 0 Å². The van der Waals surface area contributed by atoms with Gasteiger partial charge in [-0.05, 0) is 37.8 Å². The summed E-state index contributed by atoms with van der Waals surface area (Å²) in [6, 6.07) is 1.55. The Kier molecular flexibility index (Phi) is 5.74. The Balaban J connectivity index is 1.81. The SMILES string of the molecule is Cc1c(/C=C2/SC(=S)N(C3CCS(=O)(=O)C3)C2=O)c(N2CCCC2)n(C)c(=O)c1C#N. The van der Waals surface area contributed by atoms with Crippen LogP contribution in [0.3, 0.4) is 0 Å². The maximum absolute atomic E-state index is 13.2. The van der Waals surface area contributed by atoms with E-state index in [0.29, 0.717) is 32.6 Å². The number of hydrogen-bond acceptors (Lipinski definition) is 8. The highest BCUT2D eigenvalue weighted by atomic mass is 32.2. The third kappa shape index (κ3) is 3.81. The van der Waals surface area contributed by atoms with Crippen molar-refractivity contribution in [2.45, 2.75) is 32.2 Å². The molecule has 11 heteroatoms. The summed E-state index contributed by atoms with van der Waals surface area (Å²) in [7, 11) is -1.52. The topological polar surface area (TPSA) is 103 Å². The smallest absolute Gasteiger partial charge is 0.270 e. The van der Waals surface area contributed by atoms with E-state index in [4.69, 9.17) is 12.2 Å². The molecule has 4 heterocycles. The second-order valence-corrected chi connectivity index (χ2v) is 11.9. The van der Waals surface area contributed by atoms with E-state index >= 15 is 0 Å². The van der Waals surface area contributed by atoms with Gasteiger partial charge in [-0.2, -0.15) is 5.26 Å². The Hall–Kier alpha value is -2.16. The standard InChI is InChI=1S/C20H22N4O4S3/c1-12-14(17(23-6-3-4-7-23)22(2)18(25)15(12)10-21)9-16-19(26)24(20(29)30-16)13-5-8-31(27,28)11-13/h9,13H,3-8,11H2,1-2H3/b16-9+. The lowest BCUT2D eigenvalue weighted by Crippen LogP contribution is -2.39. The minimum absolute atomic E-state index is 0.0501. The van der Waals surface area contributed by atoms with Crippen LogP contribution < -0.4 is 10.5 Å². The summed E-state index contributed by atoms with van der Waals surface area (Å²) < 4.78 is 25.6. The molecule has 1 aromatic rings. The Morgan fingerprint density at radius 2 is 1.94 bits per heavy atom. The predicted molar refractivity (Wildman–Crippen MR) is 125 cm³/mol. The van der Waals surface area contributed by atoms with E-state index in [1.165, 1.54) is 9.47 Å². The lowest BCUT2D eigenvalue weighted by Gasteiger charge is -2.25. The molecule has 1 aromatic heterocycles. The second-order valence-electron chi connectivity index (χ2n) is 8.02.